The summed E-state index contributed by atoms with van der Waals surface area (Å²) in [6.07, 6.45) is 1.60. The van der Waals surface area contributed by atoms with Crippen LogP contribution in [0.5, 0.6) is 17.2 Å². The van der Waals surface area contributed by atoms with E-state index >= 15 is 0 Å². The molecule has 104 valence electrons. The third kappa shape index (κ3) is 2.97. The highest BCUT2D eigenvalue weighted by Gasteiger charge is 2.11. The summed E-state index contributed by atoms with van der Waals surface area (Å²) in [6.45, 7) is 1.89. The number of aromatic nitrogens is 1. The van der Waals surface area contributed by atoms with Gasteiger partial charge in [-0.05, 0) is 31.2 Å². The molecule has 0 bridgehead atoms. The summed E-state index contributed by atoms with van der Waals surface area (Å²) in [6, 6.07) is 8.64. The lowest BCUT2D eigenvalue weighted by atomic mass is 10.1. The van der Waals surface area contributed by atoms with Crippen LogP contribution >= 0.6 is 0 Å². The molecule has 0 radical (unpaired) electrons. The molecule has 1 heterocycles. The average molecular weight is 273 g/mol. The molecule has 0 fully saturated rings. The maximum Gasteiger partial charge on any atom is 0.173 e. The Balaban J connectivity index is 2.39. The van der Waals surface area contributed by atoms with Crippen molar-refractivity contribution < 1.29 is 14.7 Å². The largest absolute Gasteiger partial charge is 0.497 e. The fourth-order valence-electron chi connectivity index (χ4n) is 1.62. The summed E-state index contributed by atoms with van der Waals surface area (Å²) in [4.78, 5) is 4.15. The Hall–Kier alpha value is -2.76. The zero-order chi connectivity index (χ0) is 14.5. The molecule has 3 N–H and O–H groups in total. The van der Waals surface area contributed by atoms with E-state index in [-0.39, 0.29) is 5.84 Å². The lowest BCUT2D eigenvalue weighted by Crippen LogP contribution is -2.14. The third-order valence-electron chi connectivity index (χ3n) is 2.68. The van der Waals surface area contributed by atoms with E-state index in [0.717, 1.165) is 5.69 Å². The topological polar surface area (TPSA) is 90.0 Å². The molecule has 0 saturated carbocycles. The predicted molar refractivity (Wildman–Crippen MR) is 74.6 cm³/mol. The van der Waals surface area contributed by atoms with Crippen LogP contribution in [0.3, 0.4) is 0 Å². The van der Waals surface area contributed by atoms with Crippen LogP contribution in [0.15, 0.2) is 41.7 Å². The number of hydrogen-bond acceptors (Lipinski definition) is 5. The molecule has 0 unspecified atom stereocenters. The molecule has 6 nitrogen and oxygen atoms in total. The molecule has 0 atom stereocenters. The third-order valence-corrected chi connectivity index (χ3v) is 2.68. The van der Waals surface area contributed by atoms with E-state index in [1.54, 1.807) is 37.6 Å². The van der Waals surface area contributed by atoms with Gasteiger partial charge in [-0.25, -0.2) is 0 Å². The molecule has 0 saturated heterocycles. The standard InChI is InChI=1S/C14H15N3O3/c1-9-3-4-11(8-16-9)20-13-7-10(19-2)5-6-12(13)14(15)17-18/h3-8,18H,1-2H3,(H2,15,17). The van der Waals surface area contributed by atoms with Crippen molar-refractivity contribution in [1.29, 1.82) is 0 Å². The van der Waals surface area contributed by atoms with Gasteiger partial charge in [0.15, 0.2) is 5.84 Å². The Morgan fingerprint density at radius 1 is 1.25 bits per heavy atom. The van der Waals surface area contributed by atoms with Crippen molar-refractivity contribution in [2.24, 2.45) is 10.9 Å². The highest BCUT2D eigenvalue weighted by Crippen LogP contribution is 2.29. The van der Waals surface area contributed by atoms with E-state index in [9.17, 15) is 0 Å². The summed E-state index contributed by atoms with van der Waals surface area (Å²) in [5.74, 6) is 1.54. The number of methoxy groups -OCH3 is 1. The van der Waals surface area contributed by atoms with Gasteiger partial charge in [-0.3, -0.25) is 4.98 Å². The van der Waals surface area contributed by atoms with Gasteiger partial charge in [0.2, 0.25) is 0 Å². The predicted octanol–water partition coefficient (Wildman–Crippen LogP) is 2.29. The van der Waals surface area contributed by atoms with Gasteiger partial charge in [-0.1, -0.05) is 5.16 Å². The van der Waals surface area contributed by atoms with E-state index in [1.807, 2.05) is 13.0 Å². The fourth-order valence-corrected chi connectivity index (χ4v) is 1.62. The molecular formula is C14H15N3O3. The molecule has 0 aliphatic rings. The number of oxime groups is 1. The van der Waals surface area contributed by atoms with Crippen LogP contribution in [0.25, 0.3) is 0 Å². The van der Waals surface area contributed by atoms with Crippen molar-refractivity contribution in [3.63, 3.8) is 0 Å². The zero-order valence-electron chi connectivity index (χ0n) is 11.2. The Morgan fingerprint density at radius 2 is 2.00 bits per heavy atom. The minimum absolute atomic E-state index is 0.0391. The second kappa shape index (κ2) is 5.92. The molecule has 1 aromatic heterocycles. The van der Waals surface area contributed by atoms with E-state index in [2.05, 4.69) is 10.1 Å². The van der Waals surface area contributed by atoms with Crippen LogP contribution in [0.2, 0.25) is 0 Å². The van der Waals surface area contributed by atoms with Crippen LogP contribution < -0.4 is 15.2 Å². The molecule has 2 aromatic rings. The highest BCUT2D eigenvalue weighted by atomic mass is 16.5. The average Bonchev–Trinajstić information content (AvgIpc) is 2.48. The van der Waals surface area contributed by atoms with Gasteiger partial charge < -0.3 is 20.4 Å². The lowest BCUT2D eigenvalue weighted by molar-refractivity contribution is 0.318. The summed E-state index contributed by atoms with van der Waals surface area (Å²) < 4.78 is 10.9. The molecule has 20 heavy (non-hydrogen) atoms. The molecule has 0 aliphatic heterocycles. The number of pyridine rings is 1. The van der Waals surface area contributed by atoms with Crippen molar-refractivity contribution in [2.45, 2.75) is 6.92 Å². The molecule has 2 rings (SSSR count). The van der Waals surface area contributed by atoms with Crippen molar-refractivity contribution in [3.8, 4) is 17.2 Å². The van der Waals surface area contributed by atoms with E-state index in [0.29, 0.717) is 22.8 Å². The van der Waals surface area contributed by atoms with E-state index < -0.39 is 0 Å². The first-order valence-corrected chi connectivity index (χ1v) is 5.90. The van der Waals surface area contributed by atoms with Crippen LogP contribution in [0.4, 0.5) is 0 Å². The van der Waals surface area contributed by atoms with Crippen LogP contribution in [-0.2, 0) is 0 Å². The van der Waals surface area contributed by atoms with Gasteiger partial charge in [-0.15, -0.1) is 0 Å². The Labute approximate surface area is 116 Å². The molecule has 6 heteroatoms. The monoisotopic (exact) mass is 273 g/mol. The summed E-state index contributed by atoms with van der Waals surface area (Å²) in [7, 11) is 1.55. The van der Waals surface area contributed by atoms with Crippen LogP contribution in [0.1, 0.15) is 11.3 Å². The summed E-state index contributed by atoms with van der Waals surface area (Å²) in [5.41, 5.74) is 6.98. The Morgan fingerprint density at radius 3 is 2.60 bits per heavy atom. The number of rotatable bonds is 4. The molecular weight excluding hydrogens is 258 g/mol. The minimum atomic E-state index is -0.0391. The van der Waals surface area contributed by atoms with Gasteiger partial charge in [0.25, 0.3) is 0 Å². The van der Waals surface area contributed by atoms with Gasteiger partial charge in [0.05, 0.1) is 18.9 Å². The first kappa shape index (κ1) is 13.7. The second-order valence-electron chi connectivity index (χ2n) is 4.08. The number of benzene rings is 1. The first-order chi connectivity index (χ1) is 9.63. The van der Waals surface area contributed by atoms with Gasteiger partial charge in [-0.2, -0.15) is 0 Å². The van der Waals surface area contributed by atoms with Crippen molar-refractivity contribution >= 4 is 5.84 Å². The Bertz CT molecular complexity index is 624. The van der Waals surface area contributed by atoms with Crippen molar-refractivity contribution in [2.75, 3.05) is 7.11 Å². The lowest BCUT2D eigenvalue weighted by Gasteiger charge is -2.11. The second-order valence-corrected chi connectivity index (χ2v) is 4.08. The number of hydrogen-bond donors (Lipinski definition) is 2. The van der Waals surface area contributed by atoms with E-state index in [4.69, 9.17) is 20.4 Å². The number of aryl methyl sites for hydroxylation is 1. The zero-order valence-corrected chi connectivity index (χ0v) is 11.2. The normalized spacial score (nSPS) is 11.2. The minimum Gasteiger partial charge on any atom is -0.497 e. The van der Waals surface area contributed by atoms with Gasteiger partial charge >= 0.3 is 0 Å². The van der Waals surface area contributed by atoms with Crippen LogP contribution in [-0.4, -0.2) is 23.1 Å². The number of nitrogens with zero attached hydrogens (tertiary/aromatic N) is 2. The number of nitrogens with two attached hydrogens (primary N) is 1. The quantitative estimate of drug-likeness (QED) is 0.386. The Kier molecular flexibility index (Phi) is 4.05. The maximum atomic E-state index is 8.81. The maximum absolute atomic E-state index is 8.81. The fraction of sp³-hybridized carbons (Fsp3) is 0.143. The first-order valence-electron chi connectivity index (χ1n) is 5.90. The number of amidine groups is 1. The molecule has 0 amide bonds. The SMILES string of the molecule is COc1ccc(/C(N)=N/O)c(Oc2ccc(C)nc2)c1. The molecule has 1 aromatic carbocycles. The highest BCUT2D eigenvalue weighted by molar-refractivity contribution is 5.99. The molecule has 0 aliphatic carbocycles. The number of ether oxygens (including phenoxy) is 2. The van der Waals surface area contributed by atoms with Gasteiger partial charge in [0, 0.05) is 11.8 Å². The van der Waals surface area contributed by atoms with E-state index in [1.165, 1.54) is 0 Å². The smallest absolute Gasteiger partial charge is 0.173 e. The summed E-state index contributed by atoms with van der Waals surface area (Å²) in [5, 5.41) is 11.8. The van der Waals surface area contributed by atoms with Crippen molar-refractivity contribution in [1.82, 2.24) is 4.98 Å². The molecule has 0 spiro atoms. The summed E-state index contributed by atoms with van der Waals surface area (Å²) >= 11 is 0. The van der Waals surface area contributed by atoms with Gasteiger partial charge in [0.1, 0.15) is 17.2 Å². The van der Waals surface area contributed by atoms with Crippen LogP contribution in [0, 0.1) is 6.92 Å². The van der Waals surface area contributed by atoms with Crippen molar-refractivity contribution in [3.05, 3.63) is 47.8 Å².